The maximum atomic E-state index is 13.6. The van der Waals surface area contributed by atoms with Crippen molar-refractivity contribution < 1.29 is 14.0 Å². The molecule has 1 aliphatic carbocycles. The van der Waals surface area contributed by atoms with Crippen molar-refractivity contribution in [1.82, 2.24) is 10.6 Å². The van der Waals surface area contributed by atoms with E-state index in [9.17, 15) is 14.0 Å². The quantitative estimate of drug-likeness (QED) is 0.744. The summed E-state index contributed by atoms with van der Waals surface area (Å²) in [6.07, 6.45) is 4.50. The van der Waals surface area contributed by atoms with Crippen LogP contribution >= 0.6 is 0 Å². The van der Waals surface area contributed by atoms with E-state index in [2.05, 4.69) is 24.5 Å². The van der Waals surface area contributed by atoms with E-state index in [4.69, 9.17) is 0 Å². The summed E-state index contributed by atoms with van der Waals surface area (Å²) in [6, 6.07) is 6.64. The largest absolute Gasteiger partial charge is 0.356 e. The summed E-state index contributed by atoms with van der Waals surface area (Å²) in [5.74, 6) is 0.508. The Labute approximate surface area is 155 Å². The van der Waals surface area contributed by atoms with Gasteiger partial charge in [0.25, 0.3) is 0 Å². The predicted molar refractivity (Wildman–Crippen MR) is 101 cm³/mol. The van der Waals surface area contributed by atoms with Gasteiger partial charge >= 0.3 is 0 Å². The molecule has 1 aromatic rings. The maximum absolute atomic E-state index is 13.6. The van der Waals surface area contributed by atoms with Gasteiger partial charge in [-0.25, -0.2) is 4.39 Å². The average Bonchev–Trinajstić information content (AvgIpc) is 2.63. The predicted octanol–water partition coefficient (Wildman–Crippen LogP) is 3.45. The Morgan fingerprint density at radius 3 is 2.08 bits per heavy atom. The molecule has 1 aliphatic rings. The van der Waals surface area contributed by atoms with Crippen LogP contribution in [0.1, 0.15) is 51.5 Å². The van der Waals surface area contributed by atoms with Gasteiger partial charge < -0.3 is 10.6 Å². The van der Waals surface area contributed by atoms with E-state index in [1.54, 1.807) is 18.2 Å². The van der Waals surface area contributed by atoms with Crippen molar-refractivity contribution in [3.05, 3.63) is 35.6 Å². The van der Waals surface area contributed by atoms with Gasteiger partial charge in [0, 0.05) is 24.9 Å². The Bertz CT molecular complexity index is 595. The number of amides is 2. The van der Waals surface area contributed by atoms with E-state index in [1.807, 2.05) is 0 Å². The number of hydrogen-bond donors (Lipinski definition) is 2. The lowest BCUT2D eigenvalue weighted by molar-refractivity contribution is -0.130. The van der Waals surface area contributed by atoms with Crippen molar-refractivity contribution >= 4 is 11.8 Å². The number of nitrogens with one attached hydrogen (secondary N) is 2. The SMILES string of the molecule is CC(C)CCNC(=O)C1CCC(C(=O)NCCc2ccccc2F)CC1. The van der Waals surface area contributed by atoms with E-state index in [0.717, 1.165) is 38.6 Å². The van der Waals surface area contributed by atoms with Crippen LogP contribution in [0.5, 0.6) is 0 Å². The summed E-state index contributed by atoms with van der Waals surface area (Å²) in [6.45, 7) is 5.45. The first-order valence-corrected chi connectivity index (χ1v) is 9.76. The molecule has 144 valence electrons. The summed E-state index contributed by atoms with van der Waals surface area (Å²) in [4.78, 5) is 24.5. The van der Waals surface area contributed by atoms with Crippen LogP contribution in [0.15, 0.2) is 24.3 Å². The van der Waals surface area contributed by atoms with Crippen molar-refractivity contribution in [2.24, 2.45) is 17.8 Å². The van der Waals surface area contributed by atoms with Crippen LogP contribution < -0.4 is 10.6 Å². The lowest BCUT2D eigenvalue weighted by Gasteiger charge is -2.27. The second-order valence-electron chi connectivity index (χ2n) is 7.65. The van der Waals surface area contributed by atoms with Gasteiger partial charge in [-0.2, -0.15) is 0 Å². The molecule has 0 atom stereocenters. The molecule has 1 aromatic carbocycles. The molecule has 2 rings (SSSR count). The van der Waals surface area contributed by atoms with Crippen LogP contribution in [-0.2, 0) is 16.0 Å². The van der Waals surface area contributed by atoms with Crippen LogP contribution in [0.3, 0.4) is 0 Å². The number of carbonyl (C=O) groups excluding carboxylic acids is 2. The highest BCUT2D eigenvalue weighted by atomic mass is 19.1. The monoisotopic (exact) mass is 362 g/mol. The van der Waals surface area contributed by atoms with E-state index < -0.39 is 0 Å². The Kier molecular flexibility index (Phi) is 8.07. The first kappa shape index (κ1) is 20.4. The number of halogens is 1. The third kappa shape index (κ3) is 6.43. The molecule has 2 N–H and O–H groups in total. The molecule has 0 radical (unpaired) electrons. The second kappa shape index (κ2) is 10.3. The van der Waals surface area contributed by atoms with E-state index in [0.29, 0.717) is 24.4 Å². The van der Waals surface area contributed by atoms with Crippen molar-refractivity contribution in [1.29, 1.82) is 0 Å². The molecule has 0 bridgehead atoms. The number of benzene rings is 1. The summed E-state index contributed by atoms with van der Waals surface area (Å²) in [5, 5.41) is 5.92. The molecule has 0 aromatic heterocycles. The number of hydrogen-bond acceptors (Lipinski definition) is 2. The molecule has 1 saturated carbocycles. The fraction of sp³-hybridized carbons (Fsp3) is 0.619. The van der Waals surface area contributed by atoms with Gasteiger partial charge in [0.2, 0.25) is 11.8 Å². The first-order valence-electron chi connectivity index (χ1n) is 9.76. The number of rotatable bonds is 8. The molecule has 26 heavy (non-hydrogen) atoms. The molecule has 4 nitrogen and oxygen atoms in total. The molecule has 2 amide bonds. The topological polar surface area (TPSA) is 58.2 Å². The van der Waals surface area contributed by atoms with Gasteiger partial charge in [-0.1, -0.05) is 32.0 Å². The van der Waals surface area contributed by atoms with Crippen molar-refractivity contribution in [3.63, 3.8) is 0 Å². The van der Waals surface area contributed by atoms with Crippen LogP contribution in [0.4, 0.5) is 4.39 Å². The molecule has 1 fully saturated rings. The van der Waals surface area contributed by atoms with Gasteiger partial charge in [0.1, 0.15) is 5.82 Å². The van der Waals surface area contributed by atoms with Gasteiger partial charge in [-0.05, 0) is 56.1 Å². The van der Waals surface area contributed by atoms with Gasteiger partial charge in [0.05, 0.1) is 0 Å². The molecule has 0 heterocycles. The van der Waals surface area contributed by atoms with Crippen molar-refractivity contribution in [3.8, 4) is 0 Å². The normalized spacial score (nSPS) is 20.0. The third-order valence-corrected chi connectivity index (χ3v) is 5.14. The Morgan fingerprint density at radius 2 is 1.54 bits per heavy atom. The zero-order valence-electron chi connectivity index (χ0n) is 15.9. The first-order chi connectivity index (χ1) is 12.5. The summed E-state index contributed by atoms with van der Waals surface area (Å²) >= 11 is 0. The highest BCUT2D eigenvalue weighted by molar-refractivity contribution is 5.81. The summed E-state index contributed by atoms with van der Waals surface area (Å²) < 4.78 is 13.6. The molecule has 0 spiro atoms. The van der Waals surface area contributed by atoms with Crippen LogP contribution in [0, 0.1) is 23.6 Å². The molecule has 0 saturated heterocycles. The highest BCUT2D eigenvalue weighted by Crippen LogP contribution is 2.29. The van der Waals surface area contributed by atoms with E-state index in [-0.39, 0.29) is 29.5 Å². The minimum atomic E-state index is -0.231. The number of carbonyl (C=O) groups is 2. The minimum Gasteiger partial charge on any atom is -0.356 e. The van der Waals surface area contributed by atoms with Crippen LogP contribution in [0.2, 0.25) is 0 Å². The van der Waals surface area contributed by atoms with Gasteiger partial charge in [-0.3, -0.25) is 9.59 Å². The van der Waals surface area contributed by atoms with E-state index >= 15 is 0 Å². The second-order valence-corrected chi connectivity index (χ2v) is 7.65. The molecule has 5 heteroatoms. The smallest absolute Gasteiger partial charge is 0.223 e. The third-order valence-electron chi connectivity index (χ3n) is 5.14. The van der Waals surface area contributed by atoms with Crippen molar-refractivity contribution in [2.45, 2.75) is 52.4 Å². The molecular formula is C21H31FN2O2. The standard InChI is InChI=1S/C21H31FN2O2/c1-15(2)11-13-23-20(25)17-7-9-18(10-8-17)21(26)24-14-12-16-5-3-4-6-19(16)22/h3-6,15,17-18H,7-14H2,1-2H3,(H,23,25)(H,24,26). The minimum absolute atomic E-state index is 0.0278. The summed E-state index contributed by atoms with van der Waals surface area (Å²) in [7, 11) is 0. The fourth-order valence-electron chi connectivity index (χ4n) is 3.41. The Hall–Kier alpha value is -1.91. The Balaban J connectivity index is 1.66. The van der Waals surface area contributed by atoms with Gasteiger partial charge in [-0.15, -0.1) is 0 Å². The molecular weight excluding hydrogens is 331 g/mol. The highest BCUT2D eigenvalue weighted by Gasteiger charge is 2.29. The molecule has 0 aliphatic heterocycles. The lowest BCUT2D eigenvalue weighted by Crippen LogP contribution is -2.38. The zero-order valence-corrected chi connectivity index (χ0v) is 15.9. The van der Waals surface area contributed by atoms with Crippen molar-refractivity contribution in [2.75, 3.05) is 13.1 Å². The van der Waals surface area contributed by atoms with Crippen LogP contribution in [-0.4, -0.2) is 24.9 Å². The lowest BCUT2D eigenvalue weighted by atomic mass is 9.81. The van der Waals surface area contributed by atoms with Crippen LogP contribution in [0.25, 0.3) is 0 Å². The Morgan fingerprint density at radius 1 is 1.00 bits per heavy atom. The molecule has 0 unspecified atom stereocenters. The zero-order chi connectivity index (χ0) is 18.9. The fourth-order valence-corrected chi connectivity index (χ4v) is 3.41. The maximum Gasteiger partial charge on any atom is 0.223 e. The van der Waals surface area contributed by atoms with E-state index in [1.165, 1.54) is 6.07 Å². The summed E-state index contributed by atoms with van der Waals surface area (Å²) in [5.41, 5.74) is 0.620. The van der Waals surface area contributed by atoms with Gasteiger partial charge in [0.15, 0.2) is 0 Å². The average molecular weight is 362 g/mol.